The zero-order valence-electron chi connectivity index (χ0n) is 14.6. The predicted octanol–water partition coefficient (Wildman–Crippen LogP) is 5.14. The number of alkyl halides is 2. The Morgan fingerprint density at radius 3 is 2.37 bits per heavy atom. The molecule has 0 aliphatic heterocycles. The molecule has 3 aromatic rings. The van der Waals surface area contributed by atoms with Gasteiger partial charge in [-0.15, -0.1) is 23.2 Å². The molecule has 1 saturated carbocycles. The van der Waals surface area contributed by atoms with E-state index < -0.39 is 15.7 Å². The number of aromatic amines is 1. The summed E-state index contributed by atoms with van der Waals surface area (Å²) in [5.41, 5.74) is 1.99. The van der Waals surface area contributed by atoms with Gasteiger partial charge in [0.2, 0.25) is 5.78 Å². The number of halogens is 2. The standard InChI is InChI=1S/C21H17Cl2NO3/c1-20(12-21(20,22)23)19(26)27-11-16(25)17-14-9-5-6-10-15(14)24-18(17)13-7-3-2-4-8-13/h2-10,24H,11-12H2,1H3/t20-/m1/s1. The van der Waals surface area contributed by atoms with Gasteiger partial charge in [0.05, 0.1) is 11.3 Å². The normalized spacial score (nSPS) is 20.4. The number of hydrogen-bond acceptors (Lipinski definition) is 3. The number of carbonyl (C=O) groups excluding carboxylic acids is 2. The first kappa shape index (κ1) is 18.1. The van der Waals surface area contributed by atoms with Crippen LogP contribution in [-0.4, -0.2) is 27.7 Å². The van der Waals surface area contributed by atoms with Crippen LogP contribution >= 0.6 is 23.2 Å². The van der Waals surface area contributed by atoms with E-state index in [1.807, 2.05) is 54.6 Å². The highest BCUT2D eigenvalue weighted by Gasteiger charge is 2.69. The van der Waals surface area contributed by atoms with Crippen LogP contribution in [0.1, 0.15) is 23.7 Å². The zero-order valence-corrected chi connectivity index (χ0v) is 16.1. The molecule has 27 heavy (non-hydrogen) atoms. The molecule has 1 heterocycles. The molecule has 1 atom stereocenters. The molecule has 2 aromatic carbocycles. The minimum absolute atomic E-state index is 0.279. The first-order chi connectivity index (χ1) is 12.8. The van der Waals surface area contributed by atoms with Crippen molar-refractivity contribution in [1.29, 1.82) is 0 Å². The van der Waals surface area contributed by atoms with E-state index >= 15 is 0 Å². The molecule has 1 N–H and O–H groups in total. The number of benzene rings is 2. The lowest BCUT2D eigenvalue weighted by atomic mass is 10.0. The van der Waals surface area contributed by atoms with E-state index in [-0.39, 0.29) is 12.4 Å². The molecule has 0 spiro atoms. The number of hydrogen-bond donors (Lipinski definition) is 1. The van der Waals surface area contributed by atoms with Crippen LogP contribution in [0.25, 0.3) is 22.2 Å². The Kier molecular flexibility index (Phi) is 4.28. The van der Waals surface area contributed by atoms with Gasteiger partial charge in [0, 0.05) is 17.3 Å². The van der Waals surface area contributed by atoms with Gasteiger partial charge in [-0.3, -0.25) is 9.59 Å². The number of ether oxygens (including phenoxy) is 1. The van der Waals surface area contributed by atoms with Gasteiger partial charge in [-0.05, 0) is 18.6 Å². The molecule has 6 heteroatoms. The molecule has 1 aliphatic rings. The summed E-state index contributed by atoms with van der Waals surface area (Å²) < 4.78 is 4.14. The Hall–Kier alpha value is -2.30. The molecule has 0 amide bonds. The molecule has 0 unspecified atom stereocenters. The van der Waals surface area contributed by atoms with Crippen molar-refractivity contribution >= 4 is 45.9 Å². The van der Waals surface area contributed by atoms with Crippen LogP contribution in [-0.2, 0) is 9.53 Å². The first-order valence-corrected chi connectivity index (χ1v) is 9.33. The van der Waals surface area contributed by atoms with Crippen molar-refractivity contribution in [2.45, 2.75) is 17.7 Å². The number of esters is 1. The fraction of sp³-hybridized carbons (Fsp3) is 0.238. The van der Waals surface area contributed by atoms with Crippen LogP contribution in [0.15, 0.2) is 54.6 Å². The second-order valence-corrected chi connectivity index (χ2v) is 8.48. The third-order valence-corrected chi connectivity index (χ3v) is 6.19. The number of fused-ring (bicyclic) bond motifs is 1. The molecule has 138 valence electrons. The Labute approximate surface area is 166 Å². The van der Waals surface area contributed by atoms with E-state index in [1.54, 1.807) is 6.92 Å². The van der Waals surface area contributed by atoms with E-state index in [4.69, 9.17) is 27.9 Å². The van der Waals surface area contributed by atoms with E-state index in [0.717, 1.165) is 16.5 Å². The summed E-state index contributed by atoms with van der Waals surface area (Å²) in [6.45, 7) is 1.28. The fourth-order valence-electron chi connectivity index (χ4n) is 3.24. The van der Waals surface area contributed by atoms with Gasteiger partial charge in [-0.1, -0.05) is 48.5 Å². The fourth-order valence-corrected chi connectivity index (χ4v) is 3.93. The highest BCUT2D eigenvalue weighted by molar-refractivity contribution is 6.53. The number of rotatable bonds is 5. The summed E-state index contributed by atoms with van der Waals surface area (Å²) in [7, 11) is 0. The molecular formula is C21H17Cl2NO3. The van der Waals surface area contributed by atoms with Crippen LogP contribution in [0.3, 0.4) is 0 Å². The molecule has 4 rings (SSSR count). The van der Waals surface area contributed by atoms with Gasteiger partial charge in [-0.2, -0.15) is 0 Å². The van der Waals surface area contributed by atoms with Gasteiger partial charge in [0.1, 0.15) is 9.75 Å². The first-order valence-electron chi connectivity index (χ1n) is 8.58. The average Bonchev–Trinajstić information content (AvgIpc) is 3.02. The number of para-hydroxylation sites is 1. The Balaban J connectivity index is 1.64. The smallest absolute Gasteiger partial charge is 0.315 e. The zero-order chi connectivity index (χ0) is 19.2. The van der Waals surface area contributed by atoms with Crippen LogP contribution in [0.5, 0.6) is 0 Å². The second kappa shape index (κ2) is 6.39. The van der Waals surface area contributed by atoms with Crippen molar-refractivity contribution in [1.82, 2.24) is 4.98 Å². The van der Waals surface area contributed by atoms with Crippen LogP contribution in [0, 0.1) is 5.41 Å². The lowest BCUT2D eigenvalue weighted by molar-refractivity contribution is -0.148. The summed E-state index contributed by atoms with van der Waals surface area (Å²) in [5.74, 6) is -0.833. The van der Waals surface area contributed by atoms with Crippen molar-refractivity contribution in [3.05, 3.63) is 60.2 Å². The number of nitrogens with one attached hydrogen (secondary N) is 1. The predicted molar refractivity (Wildman–Crippen MR) is 106 cm³/mol. The molecule has 1 fully saturated rings. The topological polar surface area (TPSA) is 59.2 Å². The van der Waals surface area contributed by atoms with E-state index in [2.05, 4.69) is 4.98 Å². The van der Waals surface area contributed by atoms with Gasteiger partial charge < -0.3 is 9.72 Å². The SMILES string of the molecule is C[C@]1(C(=O)OCC(=O)c2c(-c3ccccc3)[nH]c3ccccc23)CC1(Cl)Cl. The number of Topliss-reactive ketones (excluding diaryl/α,β-unsaturated/α-hetero) is 1. The largest absolute Gasteiger partial charge is 0.457 e. The van der Waals surface area contributed by atoms with Gasteiger partial charge in [-0.25, -0.2) is 0 Å². The van der Waals surface area contributed by atoms with Crippen molar-refractivity contribution in [3.63, 3.8) is 0 Å². The maximum absolute atomic E-state index is 13.0. The summed E-state index contributed by atoms with van der Waals surface area (Å²) in [6.07, 6.45) is 0.318. The molecule has 0 saturated heterocycles. The van der Waals surface area contributed by atoms with E-state index in [0.29, 0.717) is 17.7 Å². The van der Waals surface area contributed by atoms with Gasteiger partial charge in [0.25, 0.3) is 0 Å². The minimum Gasteiger partial charge on any atom is -0.457 e. The molecule has 4 nitrogen and oxygen atoms in total. The van der Waals surface area contributed by atoms with Crippen molar-refractivity contribution in [3.8, 4) is 11.3 Å². The lowest BCUT2D eigenvalue weighted by Crippen LogP contribution is -2.24. The van der Waals surface area contributed by atoms with E-state index in [1.165, 1.54) is 0 Å². The molecular weight excluding hydrogens is 385 g/mol. The summed E-state index contributed by atoms with van der Waals surface area (Å²) in [6, 6.07) is 17.1. The molecule has 0 radical (unpaired) electrons. The van der Waals surface area contributed by atoms with Gasteiger partial charge >= 0.3 is 5.97 Å². The quantitative estimate of drug-likeness (QED) is 0.365. The molecule has 0 bridgehead atoms. The summed E-state index contributed by atoms with van der Waals surface area (Å²) >= 11 is 12.0. The monoisotopic (exact) mass is 401 g/mol. The maximum atomic E-state index is 13.0. The highest BCUT2D eigenvalue weighted by Crippen LogP contribution is 2.64. The Bertz CT molecular complexity index is 1040. The Morgan fingerprint density at radius 2 is 1.70 bits per heavy atom. The Morgan fingerprint density at radius 1 is 1.07 bits per heavy atom. The number of aromatic nitrogens is 1. The number of H-pyrrole nitrogens is 1. The third-order valence-electron chi connectivity index (χ3n) is 5.09. The van der Waals surface area contributed by atoms with E-state index in [9.17, 15) is 9.59 Å². The van der Waals surface area contributed by atoms with Crippen molar-refractivity contribution < 1.29 is 14.3 Å². The lowest BCUT2D eigenvalue weighted by Gasteiger charge is -2.11. The summed E-state index contributed by atoms with van der Waals surface area (Å²) in [5, 5.41) is 0.791. The second-order valence-electron chi connectivity index (χ2n) is 7.00. The maximum Gasteiger partial charge on any atom is 0.315 e. The average molecular weight is 402 g/mol. The number of carbonyl (C=O) groups is 2. The number of ketones is 1. The van der Waals surface area contributed by atoms with Crippen LogP contribution in [0.4, 0.5) is 0 Å². The highest BCUT2D eigenvalue weighted by atomic mass is 35.5. The van der Waals surface area contributed by atoms with Crippen LogP contribution in [0.2, 0.25) is 0 Å². The molecule has 1 aliphatic carbocycles. The molecule has 1 aromatic heterocycles. The van der Waals surface area contributed by atoms with Gasteiger partial charge in [0.15, 0.2) is 6.61 Å². The minimum atomic E-state index is -1.12. The van der Waals surface area contributed by atoms with Crippen LogP contribution < -0.4 is 0 Å². The van der Waals surface area contributed by atoms with Crippen molar-refractivity contribution in [2.24, 2.45) is 5.41 Å². The van der Waals surface area contributed by atoms with Crippen molar-refractivity contribution in [2.75, 3.05) is 6.61 Å². The third kappa shape index (κ3) is 3.03. The summed E-state index contributed by atoms with van der Waals surface area (Å²) in [4.78, 5) is 28.5.